The fraction of sp³-hybridized carbons (Fsp3) is 0.400. The fourth-order valence-electron chi connectivity index (χ4n) is 2.85. The number of alkyl halides is 3. The van der Waals surface area contributed by atoms with Gasteiger partial charge in [-0.3, -0.25) is 4.79 Å². The van der Waals surface area contributed by atoms with Gasteiger partial charge in [0.1, 0.15) is 0 Å². The number of carbonyl (C=O) groups excluding carboxylic acids is 1. The van der Waals surface area contributed by atoms with Crippen LogP contribution < -0.4 is 5.73 Å². The van der Waals surface area contributed by atoms with E-state index in [0.717, 1.165) is 6.20 Å². The first-order valence-corrected chi connectivity index (χ1v) is 7.96. The van der Waals surface area contributed by atoms with Gasteiger partial charge in [-0.15, -0.1) is 24.8 Å². The van der Waals surface area contributed by atoms with Crippen LogP contribution in [-0.2, 0) is 6.18 Å². The van der Waals surface area contributed by atoms with Gasteiger partial charge in [0.25, 0.3) is 5.91 Å². The molecule has 2 N–H and O–H groups in total. The number of nitrogens with two attached hydrogens (primary N) is 1. The molecule has 1 aliphatic rings. The summed E-state index contributed by atoms with van der Waals surface area (Å²) in [5.41, 5.74) is 3.87. The third-order valence-electron chi connectivity index (χ3n) is 4.11. The molecule has 1 amide bonds. The molecular weight excluding hydrogens is 430 g/mol. The van der Waals surface area contributed by atoms with Crippen molar-refractivity contribution in [2.45, 2.75) is 12.6 Å². The second kappa shape index (κ2) is 9.09. The molecule has 1 aliphatic heterocycles. The van der Waals surface area contributed by atoms with E-state index < -0.39 is 23.3 Å². The molecule has 0 saturated carbocycles. The highest BCUT2D eigenvalue weighted by Gasteiger charge is 2.42. The highest BCUT2D eigenvalue weighted by Crippen LogP contribution is 2.35. The van der Waals surface area contributed by atoms with E-state index in [1.54, 1.807) is 0 Å². The molecule has 0 aliphatic carbocycles. The molecule has 1 saturated heterocycles. The Balaban J connectivity index is 0.00000182. The number of hydrogen-bond donors (Lipinski definition) is 1. The van der Waals surface area contributed by atoms with E-state index >= 15 is 0 Å². The van der Waals surface area contributed by atoms with Gasteiger partial charge in [0, 0.05) is 19.3 Å². The minimum Gasteiger partial charge on any atom is -0.338 e. The van der Waals surface area contributed by atoms with Gasteiger partial charge in [-0.2, -0.15) is 18.3 Å². The zero-order chi connectivity index (χ0) is 18.2. The Morgan fingerprint density at radius 1 is 1.37 bits per heavy atom. The molecule has 0 bridgehead atoms. The Hall–Kier alpha value is -1.55. The quantitative estimate of drug-likeness (QED) is 0.785. The van der Waals surface area contributed by atoms with Crippen LogP contribution in [0.25, 0.3) is 5.82 Å². The van der Waals surface area contributed by atoms with E-state index in [9.17, 15) is 18.0 Å². The van der Waals surface area contributed by atoms with Crippen LogP contribution in [0.2, 0.25) is 5.02 Å². The maximum atomic E-state index is 13.6. The number of hydrogen-bond acceptors (Lipinski definition) is 4. The Bertz CT molecular complexity index is 799. The molecule has 0 spiro atoms. The molecule has 0 radical (unpaired) electrons. The molecule has 1 fully saturated rings. The van der Waals surface area contributed by atoms with Gasteiger partial charge < -0.3 is 10.6 Å². The molecule has 2 aromatic heterocycles. The van der Waals surface area contributed by atoms with Crippen molar-refractivity contribution >= 4 is 42.3 Å². The zero-order valence-electron chi connectivity index (χ0n) is 13.8. The van der Waals surface area contributed by atoms with Crippen LogP contribution in [-0.4, -0.2) is 45.2 Å². The van der Waals surface area contributed by atoms with Crippen LogP contribution in [0.1, 0.15) is 22.5 Å². The number of amides is 1. The van der Waals surface area contributed by atoms with Crippen molar-refractivity contribution < 1.29 is 18.0 Å². The molecule has 3 heterocycles. The van der Waals surface area contributed by atoms with Crippen molar-refractivity contribution in [2.75, 3.05) is 19.6 Å². The lowest BCUT2D eigenvalue weighted by Crippen LogP contribution is -2.31. The number of pyridine rings is 1. The summed E-state index contributed by atoms with van der Waals surface area (Å²) in [6, 6.07) is 2.89. The average Bonchev–Trinajstić information content (AvgIpc) is 3.21. The monoisotopic (exact) mass is 445 g/mol. The maximum Gasteiger partial charge on any atom is 0.434 e. The van der Waals surface area contributed by atoms with Crippen LogP contribution in [0.3, 0.4) is 0 Å². The van der Waals surface area contributed by atoms with Crippen LogP contribution in [0, 0.1) is 5.92 Å². The Morgan fingerprint density at radius 2 is 2.07 bits per heavy atom. The number of aromatic nitrogens is 3. The molecule has 12 heteroatoms. The summed E-state index contributed by atoms with van der Waals surface area (Å²) in [5, 5.41) is 3.72. The number of rotatable bonds is 3. The van der Waals surface area contributed by atoms with Crippen molar-refractivity contribution in [3.63, 3.8) is 0 Å². The zero-order valence-corrected chi connectivity index (χ0v) is 16.2. The second-order valence-corrected chi connectivity index (χ2v) is 6.17. The number of nitrogens with zero attached hydrogens (tertiary/aromatic N) is 4. The van der Waals surface area contributed by atoms with Gasteiger partial charge in [-0.25, -0.2) is 9.67 Å². The lowest BCUT2D eigenvalue weighted by Gasteiger charge is -2.18. The number of likely N-dealkylation sites (tertiary alicyclic amines) is 1. The van der Waals surface area contributed by atoms with Crippen LogP contribution in [0.4, 0.5) is 13.2 Å². The first-order chi connectivity index (χ1) is 11.8. The summed E-state index contributed by atoms with van der Waals surface area (Å²) in [4.78, 5) is 17.8. The summed E-state index contributed by atoms with van der Waals surface area (Å²) >= 11 is 5.93. The topological polar surface area (TPSA) is 77.0 Å². The van der Waals surface area contributed by atoms with E-state index in [-0.39, 0.29) is 41.6 Å². The predicted molar refractivity (Wildman–Crippen MR) is 98.9 cm³/mol. The fourth-order valence-corrected chi connectivity index (χ4v) is 3.05. The third-order valence-corrected chi connectivity index (χ3v) is 4.41. The lowest BCUT2D eigenvalue weighted by molar-refractivity contribution is -0.143. The minimum absolute atomic E-state index is 0. The van der Waals surface area contributed by atoms with Crippen LogP contribution in [0.5, 0.6) is 0 Å². The molecule has 2 aromatic rings. The predicted octanol–water partition coefficient (Wildman–Crippen LogP) is 3.20. The Labute approximate surface area is 170 Å². The van der Waals surface area contributed by atoms with E-state index in [1.807, 2.05) is 0 Å². The van der Waals surface area contributed by atoms with Crippen molar-refractivity contribution in [2.24, 2.45) is 11.7 Å². The van der Waals surface area contributed by atoms with Gasteiger partial charge in [-0.05, 0) is 31.0 Å². The maximum absolute atomic E-state index is 13.6. The summed E-state index contributed by atoms with van der Waals surface area (Å²) in [6.45, 7) is 1.09. The Morgan fingerprint density at radius 3 is 2.63 bits per heavy atom. The van der Waals surface area contributed by atoms with Crippen LogP contribution >= 0.6 is 36.4 Å². The number of carbonyl (C=O) groups is 1. The SMILES string of the molecule is Cl.Cl.NCC1CCN(C(=O)c2cnn(-c3ncccc3Cl)c2C(F)(F)F)C1. The smallest absolute Gasteiger partial charge is 0.338 e. The molecule has 27 heavy (non-hydrogen) atoms. The van der Waals surface area contributed by atoms with Crippen molar-refractivity contribution in [3.8, 4) is 5.82 Å². The van der Waals surface area contributed by atoms with Gasteiger partial charge in [0.15, 0.2) is 11.5 Å². The summed E-state index contributed by atoms with van der Waals surface area (Å²) in [5.74, 6) is -0.808. The van der Waals surface area contributed by atoms with Crippen molar-refractivity contribution in [1.82, 2.24) is 19.7 Å². The highest BCUT2D eigenvalue weighted by molar-refractivity contribution is 6.32. The molecule has 1 unspecified atom stereocenters. The number of halogens is 6. The van der Waals surface area contributed by atoms with E-state index in [4.69, 9.17) is 17.3 Å². The van der Waals surface area contributed by atoms with Crippen molar-refractivity contribution in [3.05, 3.63) is 40.8 Å². The molecule has 6 nitrogen and oxygen atoms in total. The largest absolute Gasteiger partial charge is 0.434 e. The van der Waals surface area contributed by atoms with Gasteiger partial charge in [0.05, 0.1) is 16.8 Å². The van der Waals surface area contributed by atoms with E-state index in [2.05, 4.69) is 10.1 Å². The summed E-state index contributed by atoms with van der Waals surface area (Å²) < 4.78 is 41.4. The first-order valence-electron chi connectivity index (χ1n) is 7.58. The van der Waals surface area contributed by atoms with Crippen LogP contribution in [0.15, 0.2) is 24.5 Å². The van der Waals surface area contributed by atoms with E-state index in [1.165, 1.54) is 23.2 Å². The van der Waals surface area contributed by atoms with E-state index in [0.29, 0.717) is 30.7 Å². The highest BCUT2D eigenvalue weighted by atomic mass is 35.5. The molecule has 150 valence electrons. The second-order valence-electron chi connectivity index (χ2n) is 5.77. The molecule has 0 aromatic carbocycles. The van der Waals surface area contributed by atoms with Crippen molar-refractivity contribution in [1.29, 1.82) is 0 Å². The minimum atomic E-state index is -4.80. The molecular formula is C15H17Cl3F3N5O. The molecule has 1 atom stereocenters. The average molecular weight is 447 g/mol. The lowest BCUT2D eigenvalue weighted by atomic mass is 10.1. The Kier molecular flexibility index (Phi) is 7.91. The van der Waals surface area contributed by atoms with Gasteiger partial charge in [-0.1, -0.05) is 11.6 Å². The van der Waals surface area contributed by atoms with Gasteiger partial charge in [0.2, 0.25) is 0 Å². The summed E-state index contributed by atoms with van der Waals surface area (Å²) in [6.07, 6.45) is -1.91. The standard InChI is InChI=1S/C15H15ClF3N5O.2ClH/c16-11-2-1-4-21-13(11)24-12(15(17,18)19)10(7-22-24)14(25)23-5-3-9(6-20)8-23;;/h1-2,4,7,9H,3,5-6,8,20H2;2*1H. The first kappa shape index (κ1) is 23.5. The molecule has 3 rings (SSSR count). The third kappa shape index (κ3) is 4.66. The van der Waals surface area contributed by atoms with Gasteiger partial charge >= 0.3 is 6.18 Å². The normalized spacial score (nSPS) is 16.6. The summed E-state index contributed by atoms with van der Waals surface area (Å²) in [7, 11) is 0.